The summed E-state index contributed by atoms with van der Waals surface area (Å²) < 4.78 is 58.9. The lowest BCUT2D eigenvalue weighted by Crippen LogP contribution is -2.23. The standard InChI is InChI=1S/C28H33N5O5.C2HF3O2/c1-34-23-12-8-19(16-25(23)36-3)6-10-21-18-22(33-28(32-21)38-15-5-14-31-27(29)30)11-7-20-9-13-24(35-2)26(17-20)37-4;3-2(4,5)1(6)7/h6-13,16-18H,5,14-15H2,1-4H3,(H4,29,30,31);(H,6,7). The van der Waals surface area contributed by atoms with E-state index in [0.29, 0.717) is 54.0 Å². The van der Waals surface area contributed by atoms with E-state index in [0.717, 1.165) is 11.1 Å². The van der Waals surface area contributed by atoms with Crippen molar-refractivity contribution in [3.05, 3.63) is 65.0 Å². The van der Waals surface area contributed by atoms with E-state index in [1.165, 1.54) is 0 Å². The Morgan fingerprint density at radius 1 is 0.800 bits per heavy atom. The summed E-state index contributed by atoms with van der Waals surface area (Å²) in [5.74, 6) is -0.114. The number of aliphatic imine (C=N–C) groups is 1. The molecule has 12 nitrogen and oxygen atoms in total. The Bertz CT molecular complexity index is 1420. The number of carbonyl (C=O) groups is 1. The second-order valence-corrected chi connectivity index (χ2v) is 8.71. The molecule has 0 aliphatic rings. The Balaban J connectivity index is 0.000000900. The van der Waals surface area contributed by atoms with E-state index in [1.807, 2.05) is 66.8 Å². The Kier molecular flexibility index (Phi) is 14.0. The van der Waals surface area contributed by atoms with Crippen molar-refractivity contribution in [3.8, 4) is 29.0 Å². The van der Waals surface area contributed by atoms with Gasteiger partial charge in [-0.25, -0.2) is 4.79 Å². The van der Waals surface area contributed by atoms with Gasteiger partial charge in [0, 0.05) is 13.0 Å². The van der Waals surface area contributed by atoms with Gasteiger partial charge in [-0.05, 0) is 53.6 Å². The highest BCUT2D eigenvalue weighted by Gasteiger charge is 2.38. The van der Waals surface area contributed by atoms with Gasteiger partial charge in [-0.1, -0.05) is 24.3 Å². The van der Waals surface area contributed by atoms with Crippen LogP contribution in [0.2, 0.25) is 0 Å². The van der Waals surface area contributed by atoms with E-state index >= 15 is 0 Å². The Labute approximate surface area is 257 Å². The molecule has 3 rings (SSSR count). The zero-order valence-electron chi connectivity index (χ0n) is 25.0. The molecule has 5 N–H and O–H groups in total. The molecule has 0 unspecified atom stereocenters. The number of benzene rings is 2. The second-order valence-electron chi connectivity index (χ2n) is 8.71. The molecule has 0 saturated heterocycles. The smallest absolute Gasteiger partial charge is 0.490 e. The highest BCUT2D eigenvalue weighted by molar-refractivity contribution is 5.75. The quantitative estimate of drug-likeness (QED) is 0.137. The SMILES string of the molecule is COc1ccc(C=Cc2cc(C=Cc3ccc(OC)c(OC)c3)nc(OCCCN=C(N)N)n2)cc1OC.O=C(O)C(F)(F)F. The van der Waals surface area contributed by atoms with Crippen molar-refractivity contribution < 1.29 is 46.8 Å². The summed E-state index contributed by atoms with van der Waals surface area (Å²) in [5.41, 5.74) is 13.9. The molecule has 0 fully saturated rings. The van der Waals surface area contributed by atoms with Crippen molar-refractivity contribution in [2.45, 2.75) is 12.6 Å². The number of halogens is 3. The van der Waals surface area contributed by atoms with Crippen molar-refractivity contribution in [1.29, 1.82) is 0 Å². The molecule has 0 atom stereocenters. The predicted octanol–water partition coefficient (Wildman–Crippen LogP) is 4.53. The largest absolute Gasteiger partial charge is 0.493 e. The third-order valence-electron chi connectivity index (χ3n) is 5.52. The number of rotatable bonds is 13. The number of nitrogens with two attached hydrogens (primary N) is 2. The summed E-state index contributed by atoms with van der Waals surface area (Å²) in [6.45, 7) is 0.811. The van der Waals surface area contributed by atoms with E-state index in [-0.39, 0.29) is 12.0 Å². The first kappa shape index (κ1) is 35.7. The summed E-state index contributed by atoms with van der Waals surface area (Å²) >= 11 is 0. The van der Waals surface area contributed by atoms with E-state index in [4.69, 9.17) is 45.1 Å². The van der Waals surface area contributed by atoms with Crippen molar-refractivity contribution in [1.82, 2.24) is 9.97 Å². The average molecular weight is 634 g/mol. The Hall–Kier alpha value is -5.47. The molecular formula is C30H34F3N5O7. The van der Waals surface area contributed by atoms with Gasteiger partial charge in [-0.2, -0.15) is 23.1 Å². The van der Waals surface area contributed by atoms with Crippen LogP contribution in [0.25, 0.3) is 24.3 Å². The van der Waals surface area contributed by atoms with Gasteiger partial charge < -0.3 is 40.3 Å². The van der Waals surface area contributed by atoms with Gasteiger partial charge in [0.25, 0.3) is 0 Å². The highest BCUT2D eigenvalue weighted by atomic mass is 19.4. The van der Waals surface area contributed by atoms with Gasteiger partial charge >= 0.3 is 18.2 Å². The van der Waals surface area contributed by atoms with Gasteiger partial charge in [0.1, 0.15) is 0 Å². The molecule has 0 amide bonds. The number of hydrogen-bond donors (Lipinski definition) is 3. The number of carboxylic acids is 1. The molecule has 3 aromatic rings. The van der Waals surface area contributed by atoms with Crippen LogP contribution < -0.4 is 35.2 Å². The topological polar surface area (TPSA) is 174 Å². The van der Waals surface area contributed by atoms with Crippen LogP contribution in [0.4, 0.5) is 13.2 Å². The van der Waals surface area contributed by atoms with E-state index in [2.05, 4.69) is 15.0 Å². The van der Waals surface area contributed by atoms with Gasteiger partial charge in [-0.15, -0.1) is 0 Å². The summed E-state index contributed by atoms with van der Waals surface area (Å²) in [4.78, 5) is 21.9. The number of nitrogens with zero attached hydrogens (tertiary/aromatic N) is 3. The van der Waals surface area contributed by atoms with Crippen LogP contribution in [-0.2, 0) is 4.79 Å². The molecular weight excluding hydrogens is 599 g/mol. The highest BCUT2D eigenvalue weighted by Crippen LogP contribution is 2.29. The van der Waals surface area contributed by atoms with Crippen LogP contribution in [0, 0.1) is 0 Å². The molecule has 15 heteroatoms. The van der Waals surface area contributed by atoms with Crippen molar-refractivity contribution in [3.63, 3.8) is 0 Å². The van der Waals surface area contributed by atoms with Crippen molar-refractivity contribution in [2.75, 3.05) is 41.6 Å². The number of guanidine groups is 1. The molecule has 0 radical (unpaired) electrons. The van der Waals surface area contributed by atoms with Crippen LogP contribution >= 0.6 is 0 Å². The maximum atomic E-state index is 10.6. The fraction of sp³-hybridized carbons (Fsp3) is 0.267. The lowest BCUT2D eigenvalue weighted by molar-refractivity contribution is -0.192. The number of hydrogen-bond acceptors (Lipinski definition) is 9. The van der Waals surface area contributed by atoms with Gasteiger partial charge in [0.05, 0.1) is 46.4 Å². The van der Waals surface area contributed by atoms with Crippen molar-refractivity contribution >= 4 is 36.2 Å². The Morgan fingerprint density at radius 2 is 1.24 bits per heavy atom. The molecule has 1 aromatic heterocycles. The second kappa shape index (κ2) is 17.6. The van der Waals surface area contributed by atoms with E-state index in [1.54, 1.807) is 28.4 Å². The first-order chi connectivity index (χ1) is 21.4. The van der Waals surface area contributed by atoms with Crippen molar-refractivity contribution in [2.24, 2.45) is 16.5 Å². The lowest BCUT2D eigenvalue weighted by atomic mass is 10.1. The number of carboxylic acid groups (broad SMARTS) is 1. The molecule has 0 aliphatic heterocycles. The van der Waals surface area contributed by atoms with Gasteiger partial charge in [0.2, 0.25) is 0 Å². The fourth-order valence-corrected chi connectivity index (χ4v) is 3.41. The molecule has 0 bridgehead atoms. The summed E-state index contributed by atoms with van der Waals surface area (Å²) in [7, 11) is 6.40. The average Bonchev–Trinajstić information content (AvgIpc) is 3.01. The predicted molar refractivity (Wildman–Crippen MR) is 163 cm³/mol. The maximum absolute atomic E-state index is 10.6. The van der Waals surface area contributed by atoms with Crippen LogP contribution in [-0.4, -0.2) is 74.8 Å². The third kappa shape index (κ3) is 12.3. The fourth-order valence-electron chi connectivity index (χ4n) is 3.41. The Morgan fingerprint density at radius 3 is 1.62 bits per heavy atom. The molecule has 0 saturated carbocycles. The number of methoxy groups -OCH3 is 4. The molecule has 1 heterocycles. The first-order valence-electron chi connectivity index (χ1n) is 13.1. The van der Waals surface area contributed by atoms with E-state index in [9.17, 15) is 13.2 Å². The normalized spacial score (nSPS) is 11.0. The zero-order valence-corrected chi connectivity index (χ0v) is 25.0. The van der Waals surface area contributed by atoms with Crippen LogP contribution in [0.1, 0.15) is 28.9 Å². The number of ether oxygens (including phenoxy) is 5. The third-order valence-corrected chi connectivity index (χ3v) is 5.52. The molecule has 2 aromatic carbocycles. The number of aromatic nitrogens is 2. The molecule has 242 valence electrons. The monoisotopic (exact) mass is 633 g/mol. The molecule has 0 spiro atoms. The minimum Gasteiger partial charge on any atom is -0.493 e. The molecule has 45 heavy (non-hydrogen) atoms. The summed E-state index contributed by atoms with van der Waals surface area (Å²) in [6, 6.07) is 13.4. The minimum atomic E-state index is -5.08. The molecule has 0 aliphatic carbocycles. The van der Waals surface area contributed by atoms with Gasteiger partial charge in [0.15, 0.2) is 29.0 Å². The number of alkyl halides is 3. The van der Waals surface area contributed by atoms with Crippen LogP contribution in [0.5, 0.6) is 29.0 Å². The number of aliphatic carboxylic acids is 1. The first-order valence-corrected chi connectivity index (χ1v) is 13.1. The minimum absolute atomic E-state index is 0.0473. The van der Waals surface area contributed by atoms with Gasteiger partial charge in [-0.3, -0.25) is 4.99 Å². The lowest BCUT2D eigenvalue weighted by Gasteiger charge is -2.08. The maximum Gasteiger partial charge on any atom is 0.490 e. The van der Waals surface area contributed by atoms with Crippen LogP contribution in [0.3, 0.4) is 0 Å². The zero-order chi connectivity index (χ0) is 33.4. The summed E-state index contributed by atoms with van der Waals surface area (Å²) in [6.07, 6.45) is 3.14. The summed E-state index contributed by atoms with van der Waals surface area (Å²) in [5, 5.41) is 7.12. The van der Waals surface area contributed by atoms with Crippen LogP contribution in [0.15, 0.2) is 47.5 Å². The van der Waals surface area contributed by atoms with E-state index < -0.39 is 12.1 Å².